The quantitative estimate of drug-likeness (QED) is 0.893. The van der Waals surface area contributed by atoms with Crippen LogP contribution in [0.25, 0.3) is 0 Å². The van der Waals surface area contributed by atoms with Crippen LogP contribution in [-0.4, -0.2) is 56.6 Å². The summed E-state index contributed by atoms with van der Waals surface area (Å²) in [5.74, 6) is -0.386. The van der Waals surface area contributed by atoms with Gasteiger partial charge in [0.2, 0.25) is 10.0 Å². The van der Waals surface area contributed by atoms with E-state index in [0.717, 1.165) is 0 Å². The van der Waals surface area contributed by atoms with E-state index in [0.29, 0.717) is 36.8 Å². The van der Waals surface area contributed by atoms with Gasteiger partial charge in [-0.2, -0.15) is 4.31 Å². The van der Waals surface area contributed by atoms with Gasteiger partial charge in [-0.25, -0.2) is 12.8 Å². The molecule has 1 saturated heterocycles. The van der Waals surface area contributed by atoms with Crippen LogP contribution in [0.1, 0.15) is 11.6 Å². The van der Waals surface area contributed by atoms with Crippen molar-refractivity contribution < 1.29 is 12.8 Å². The van der Waals surface area contributed by atoms with Crippen LogP contribution in [0.2, 0.25) is 5.02 Å². The zero-order chi connectivity index (χ0) is 15.6. The van der Waals surface area contributed by atoms with Crippen molar-refractivity contribution in [3.63, 3.8) is 0 Å². The summed E-state index contributed by atoms with van der Waals surface area (Å²) in [5.41, 5.74) is 6.18. The number of sulfonamides is 1. The second-order valence-corrected chi connectivity index (χ2v) is 7.47. The molecular formula is C13H19ClFN3O2S. The molecule has 1 aromatic rings. The lowest BCUT2D eigenvalue weighted by Crippen LogP contribution is -2.50. The van der Waals surface area contributed by atoms with Gasteiger partial charge in [-0.3, -0.25) is 4.90 Å². The molecule has 0 bridgehead atoms. The van der Waals surface area contributed by atoms with Gasteiger partial charge in [0.05, 0.1) is 12.3 Å². The molecule has 1 unspecified atom stereocenters. The van der Waals surface area contributed by atoms with Gasteiger partial charge >= 0.3 is 0 Å². The average molecular weight is 336 g/mol. The molecule has 1 atom stereocenters. The summed E-state index contributed by atoms with van der Waals surface area (Å²) < 4.78 is 38.5. The van der Waals surface area contributed by atoms with Gasteiger partial charge < -0.3 is 5.73 Å². The minimum absolute atomic E-state index is 0.222. The fraction of sp³-hybridized carbons (Fsp3) is 0.538. The summed E-state index contributed by atoms with van der Waals surface area (Å²) in [6, 6.07) is 4.20. The third-order valence-electron chi connectivity index (χ3n) is 3.74. The van der Waals surface area contributed by atoms with E-state index in [9.17, 15) is 12.8 Å². The Morgan fingerprint density at radius 1 is 1.33 bits per heavy atom. The summed E-state index contributed by atoms with van der Waals surface area (Å²) in [6.07, 6.45) is 1.19. The number of rotatable bonds is 4. The van der Waals surface area contributed by atoms with Gasteiger partial charge in [-0.05, 0) is 12.1 Å². The molecule has 1 fully saturated rings. The van der Waals surface area contributed by atoms with E-state index >= 15 is 0 Å². The summed E-state index contributed by atoms with van der Waals surface area (Å²) in [6.45, 7) is 1.97. The molecule has 2 N–H and O–H groups in total. The number of halogens is 2. The van der Waals surface area contributed by atoms with E-state index in [-0.39, 0.29) is 18.4 Å². The molecule has 0 spiro atoms. The SMILES string of the molecule is CS(=O)(=O)N1CCN(C(CN)c2c(F)cccc2Cl)CC1. The van der Waals surface area contributed by atoms with Crippen LogP contribution in [0.3, 0.4) is 0 Å². The first-order valence-corrected chi connectivity index (χ1v) is 8.90. The van der Waals surface area contributed by atoms with Gasteiger partial charge in [-0.1, -0.05) is 17.7 Å². The number of benzene rings is 1. The Morgan fingerprint density at radius 2 is 1.95 bits per heavy atom. The highest BCUT2D eigenvalue weighted by Crippen LogP contribution is 2.30. The predicted octanol–water partition coefficient (Wildman–Crippen LogP) is 1.06. The molecular weight excluding hydrogens is 317 g/mol. The van der Waals surface area contributed by atoms with Crippen molar-refractivity contribution in [2.24, 2.45) is 5.73 Å². The molecule has 1 heterocycles. The lowest BCUT2D eigenvalue weighted by atomic mass is 10.0. The molecule has 0 aliphatic carbocycles. The maximum absolute atomic E-state index is 14.0. The van der Waals surface area contributed by atoms with Crippen molar-refractivity contribution in [1.82, 2.24) is 9.21 Å². The third-order valence-corrected chi connectivity index (χ3v) is 5.37. The van der Waals surface area contributed by atoms with Crippen molar-refractivity contribution in [3.8, 4) is 0 Å². The van der Waals surface area contributed by atoms with E-state index in [1.165, 1.54) is 16.6 Å². The second kappa shape index (κ2) is 6.58. The Balaban J connectivity index is 2.17. The molecule has 0 aromatic heterocycles. The van der Waals surface area contributed by atoms with Crippen LogP contribution in [0.5, 0.6) is 0 Å². The Morgan fingerprint density at radius 3 is 2.43 bits per heavy atom. The molecule has 1 aromatic carbocycles. The number of hydrogen-bond donors (Lipinski definition) is 1. The first-order valence-electron chi connectivity index (χ1n) is 6.67. The van der Waals surface area contributed by atoms with Crippen LogP contribution >= 0.6 is 11.6 Å². The van der Waals surface area contributed by atoms with Crippen LogP contribution in [-0.2, 0) is 10.0 Å². The number of piperazine rings is 1. The lowest BCUT2D eigenvalue weighted by molar-refractivity contribution is 0.138. The van der Waals surface area contributed by atoms with E-state index in [1.807, 2.05) is 4.90 Å². The summed E-state index contributed by atoms with van der Waals surface area (Å²) in [4.78, 5) is 1.98. The first kappa shape index (κ1) is 16.6. The highest BCUT2D eigenvalue weighted by Gasteiger charge is 2.30. The second-order valence-electron chi connectivity index (χ2n) is 5.08. The highest BCUT2D eigenvalue weighted by atomic mass is 35.5. The van der Waals surface area contributed by atoms with Crippen molar-refractivity contribution in [3.05, 3.63) is 34.6 Å². The number of nitrogens with two attached hydrogens (primary N) is 1. The van der Waals surface area contributed by atoms with E-state index in [2.05, 4.69) is 0 Å². The zero-order valence-electron chi connectivity index (χ0n) is 11.8. The lowest BCUT2D eigenvalue weighted by Gasteiger charge is -2.38. The Labute approximate surface area is 129 Å². The van der Waals surface area contributed by atoms with Gasteiger partial charge in [0.25, 0.3) is 0 Å². The minimum Gasteiger partial charge on any atom is -0.329 e. The molecule has 1 aliphatic rings. The van der Waals surface area contributed by atoms with Crippen molar-refractivity contribution in [2.45, 2.75) is 6.04 Å². The van der Waals surface area contributed by atoms with Crippen LogP contribution < -0.4 is 5.73 Å². The summed E-state index contributed by atoms with van der Waals surface area (Å²) >= 11 is 6.09. The molecule has 0 saturated carbocycles. The first-order chi connectivity index (χ1) is 9.84. The minimum atomic E-state index is -3.19. The molecule has 8 heteroatoms. The Kier molecular flexibility index (Phi) is 5.21. The van der Waals surface area contributed by atoms with Crippen molar-refractivity contribution in [1.29, 1.82) is 0 Å². The highest BCUT2D eigenvalue weighted by molar-refractivity contribution is 7.88. The van der Waals surface area contributed by atoms with Gasteiger partial charge in [-0.15, -0.1) is 0 Å². The maximum atomic E-state index is 14.0. The largest absolute Gasteiger partial charge is 0.329 e. The molecule has 2 rings (SSSR count). The Hall–Kier alpha value is -0.730. The average Bonchev–Trinajstić information content (AvgIpc) is 2.42. The van der Waals surface area contributed by atoms with Crippen LogP contribution in [0.4, 0.5) is 4.39 Å². The predicted molar refractivity (Wildman–Crippen MR) is 81.2 cm³/mol. The van der Waals surface area contributed by atoms with E-state index in [1.54, 1.807) is 12.1 Å². The van der Waals surface area contributed by atoms with E-state index in [4.69, 9.17) is 17.3 Å². The van der Waals surface area contributed by atoms with Gasteiger partial charge in [0, 0.05) is 43.3 Å². The van der Waals surface area contributed by atoms with Crippen LogP contribution in [0.15, 0.2) is 18.2 Å². The van der Waals surface area contributed by atoms with Gasteiger partial charge in [0.1, 0.15) is 5.82 Å². The molecule has 21 heavy (non-hydrogen) atoms. The molecule has 5 nitrogen and oxygen atoms in total. The zero-order valence-corrected chi connectivity index (χ0v) is 13.4. The number of nitrogens with zero attached hydrogens (tertiary/aromatic N) is 2. The fourth-order valence-corrected chi connectivity index (χ4v) is 3.74. The summed E-state index contributed by atoms with van der Waals surface area (Å²) in [7, 11) is -3.19. The smallest absolute Gasteiger partial charge is 0.211 e. The Bertz CT molecular complexity index is 583. The standard InChI is InChI=1S/C13H19ClFN3O2S/c1-21(19,20)18-7-5-17(6-8-18)12(9-16)13-10(14)3-2-4-11(13)15/h2-4,12H,5-9,16H2,1H3. The summed E-state index contributed by atoms with van der Waals surface area (Å²) in [5, 5.41) is 0.344. The monoisotopic (exact) mass is 335 g/mol. The number of hydrogen-bond acceptors (Lipinski definition) is 4. The third kappa shape index (κ3) is 3.73. The van der Waals surface area contributed by atoms with E-state index < -0.39 is 10.0 Å². The topological polar surface area (TPSA) is 66.6 Å². The maximum Gasteiger partial charge on any atom is 0.211 e. The molecule has 0 amide bonds. The van der Waals surface area contributed by atoms with Crippen molar-refractivity contribution in [2.75, 3.05) is 39.0 Å². The normalized spacial score (nSPS) is 19.6. The molecule has 118 valence electrons. The van der Waals surface area contributed by atoms with Crippen LogP contribution in [0, 0.1) is 5.82 Å². The molecule has 1 aliphatic heterocycles. The van der Waals surface area contributed by atoms with Crippen molar-refractivity contribution >= 4 is 21.6 Å². The van der Waals surface area contributed by atoms with Gasteiger partial charge in [0.15, 0.2) is 0 Å². The molecule has 0 radical (unpaired) electrons. The fourth-order valence-electron chi connectivity index (χ4n) is 2.63.